The summed E-state index contributed by atoms with van der Waals surface area (Å²) in [4.78, 5) is 11.4. The van der Waals surface area contributed by atoms with Crippen LogP contribution in [-0.4, -0.2) is 20.1 Å². The van der Waals surface area contributed by atoms with E-state index in [0.29, 0.717) is 23.0 Å². The summed E-state index contributed by atoms with van der Waals surface area (Å²) in [5, 5.41) is 12.8. The number of rotatable bonds is 3. The highest BCUT2D eigenvalue weighted by atomic mass is 16.5. The monoisotopic (exact) mass is 265 g/mol. The van der Waals surface area contributed by atoms with Gasteiger partial charge in [0.1, 0.15) is 11.8 Å². The van der Waals surface area contributed by atoms with Crippen molar-refractivity contribution in [2.24, 2.45) is 0 Å². The highest BCUT2D eigenvalue weighted by Gasteiger charge is 2.14. The molecule has 0 unspecified atom stereocenters. The number of nitriles is 1. The smallest absolute Gasteiger partial charge is 0.274 e. The summed E-state index contributed by atoms with van der Waals surface area (Å²) >= 11 is 0. The minimum absolute atomic E-state index is 0.361. The Morgan fingerprint density at radius 1 is 1.45 bits per heavy atom. The number of aromatic nitrogens is 4. The minimum atomic E-state index is 0.361. The molecule has 1 N–H and O–H groups in total. The normalized spacial score (nSPS) is 10.4. The molecule has 98 valence electrons. The lowest BCUT2D eigenvalue weighted by molar-refractivity contribution is 0.431. The topological polar surface area (TPSA) is 91.4 Å². The number of aryl methyl sites for hydroxylation is 1. The fourth-order valence-electron chi connectivity index (χ4n) is 1.95. The predicted molar refractivity (Wildman–Crippen MR) is 71.4 cm³/mol. The predicted octanol–water partition coefficient (Wildman–Crippen LogP) is 2.56. The number of nitrogens with zero attached hydrogens (tertiary/aromatic N) is 4. The third kappa shape index (κ3) is 2.06. The van der Waals surface area contributed by atoms with Gasteiger partial charge < -0.3 is 9.51 Å². The average molecular weight is 265 g/mol. The van der Waals surface area contributed by atoms with Crippen LogP contribution in [0.5, 0.6) is 0 Å². The largest absolute Gasteiger partial charge is 0.356 e. The Hall–Kier alpha value is -2.94. The van der Waals surface area contributed by atoms with Gasteiger partial charge in [0.05, 0.1) is 5.56 Å². The Morgan fingerprint density at radius 2 is 2.35 bits per heavy atom. The zero-order chi connectivity index (χ0) is 13.9. The Morgan fingerprint density at radius 3 is 3.10 bits per heavy atom. The summed E-state index contributed by atoms with van der Waals surface area (Å²) in [5.41, 5.74) is 3.12. The van der Waals surface area contributed by atoms with Crippen LogP contribution in [0.4, 0.5) is 0 Å². The molecule has 0 radical (unpaired) electrons. The van der Waals surface area contributed by atoms with E-state index >= 15 is 0 Å². The van der Waals surface area contributed by atoms with E-state index in [9.17, 15) is 0 Å². The molecule has 0 atom stereocenters. The summed E-state index contributed by atoms with van der Waals surface area (Å²) in [6.45, 7) is 2.05. The van der Waals surface area contributed by atoms with Crippen LogP contribution < -0.4 is 0 Å². The number of hydrogen-bond donors (Lipinski definition) is 1. The van der Waals surface area contributed by atoms with Crippen LogP contribution in [0.15, 0.2) is 35.2 Å². The summed E-state index contributed by atoms with van der Waals surface area (Å²) in [5.74, 6) is 0.882. The van der Waals surface area contributed by atoms with Gasteiger partial charge in [0.2, 0.25) is 5.82 Å². The number of H-pyrrole nitrogens is 1. The molecular weight excluding hydrogens is 254 g/mol. The number of nitrogens with one attached hydrogen (secondary N) is 1. The highest BCUT2D eigenvalue weighted by Crippen LogP contribution is 2.24. The van der Waals surface area contributed by atoms with Crippen LogP contribution in [0.25, 0.3) is 23.0 Å². The van der Waals surface area contributed by atoms with Crippen LogP contribution >= 0.6 is 0 Å². The van der Waals surface area contributed by atoms with Crippen molar-refractivity contribution in [1.29, 1.82) is 5.26 Å². The van der Waals surface area contributed by atoms with Gasteiger partial charge in [-0.05, 0) is 24.1 Å². The summed E-state index contributed by atoms with van der Waals surface area (Å²) in [6.07, 6.45) is 5.94. The van der Waals surface area contributed by atoms with Crippen molar-refractivity contribution >= 4 is 0 Å². The van der Waals surface area contributed by atoms with Crippen molar-refractivity contribution in [3.8, 4) is 29.0 Å². The molecule has 0 saturated carbocycles. The lowest BCUT2D eigenvalue weighted by atomic mass is 10.1. The first-order valence-corrected chi connectivity index (χ1v) is 6.17. The van der Waals surface area contributed by atoms with Gasteiger partial charge >= 0.3 is 0 Å². The molecule has 6 nitrogen and oxygen atoms in total. The van der Waals surface area contributed by atoms with Gasteiger partial charge in [-0.1, -0.05) is 12.1 Å². The van der Waals surface area contributed by atoms with Crippen LogP contribution in [0.1, 0.15) is 18.1 Å². The zero-order valence-electron chi connectivity index (χ0n) is 10.8. The molecule has 0 fully saturated rings. The second kappa shape index (κ2) is 4.97. The van der Waals surface area contributed by atoms with Gasteiger partial charge in [-0.15, -0.1) is 0 Å². The Bertz CT molecular complexity index is 781. The van der Waals surface area contributed by atoms with Gasteiger partial charge in [0.25, 0.3) is 5.89 Å². The molecule has 0 aliphatic heterocycles. The molecule has 0 spiro atoms. The zero-order valence-corrected chi connectivity index (χ0v) is 10.8. The molecule has 3 heterocycles. The highest BCUT2D eigenvalue weighted by molar-refractivity contribution is 5.61. The first-order chi connectivity index (χ1) is 9.81. The van der Waals surface area contributed by atoms with Crippen molar-refractivity contribution < 1.29 is 4.52 Å². The second-order valence-corrected chi connectivity index (χ2v) is 4.22. The lowest BCUT2D eigenvalue weighted by Gasteiger charge is -2.00. The van der Waals surface area contributed by atoms with Crippen LogP contribution in [0, 0.1) is 11.3 Å². The summed E-state index contributed by atoms with van der Waals surface area (Å²) in [6, 6.07) is 5.58. The van der Waals surface area contributed by atoms with Crippen molar-refractivity contribution in [3.63, 3.8) is 0 Å². The van der Waals surface area contributed by atoms with Gasteiger partial charge in [-0.25, -0.2) is 0 Å². The molecule has 0 saturated heterocycles. The second-order valence-electron chi connectivity index (χ2n) is 4.22. The van der Waals surface area contributed by atoms with E-state index < -0.39 is 0 Å². The maximum Gasteiger partial charge on any atom is 0.274 e. The van der Waals surface area contributed by atoms with Crippen LogP contribution in [0.2, 0.25) is 0 Å². The molecule has 0 aliphatic carbocycles. The van der Waals surface area contributed by atoms with Crippen LogP contribution in [0.3, 0.4) is 0 Å². The third-order valence-electron chi connectivity index (χ3n) is 2.99. The van der Waals surface area contributed by atoms with Gasteiger partial charge in [-0.2, -0.15) is 10.2 Å². The van der Waals surface area contributed by atoms with Crippen molar-refractivity contribution in [2.45, 2.75) is 13.3 Å². The Kier molecular flexibility index (Phi) is 3.01. The molecule has 20 heavy (non-hydrogen) atoms. The fraction of sp³-hybridized carbons (Fsp3) is 0.143. The molecule has 0 aliphatic rings. The van der Waals surface area contributed by atoms with E-state index in [0.717, 1.165) is 17.5 Å². The maximum absolute atomic E-state index is 8.81. The first-order valence-electron chi connectivity index (χ1n) is 6.17. The molecule has 3 aromatic rings. The average Bonchev–Trinajstić information content (AvgIpc) is 3.15. The quantitative estimate of drug-likeness (QED) is 0.785. The first kappa shape index (κ1) is 12.1. The summed E-state index contributed by atoms with van der Waals surface area (Å²) < 4.78 is 5.24. The van der Waals surface area contributed by atoms with Crippen molar-refractivity contribution in [3.05, 3.63) is 41.9 Å². The van der Waals surface area contributed by atoms with E-state index in [2.05, 4.69) is 20.1 Å². The van der Waals surface area contributed by atoms with E-state index in [1.54, 1.807) is 24.7 Å². The van der Waals surface area contributed by atoms with Gasteiger partial charge in [-0.3, -0.25) is 4.98 Å². The SMILES string of the molecule is CCc1cnccc1-c1noc(-c2cc(C#N)c[nH]2)n1. The Labute approximate surface area is 115 Å². The van der Waals surface area contributed by atoms with E-state index in [1.807, 2.05) is 19.1 Å². The van der Waals surface area contributed by atoms with Crippen molar-refractivity contribution in [1.82, 2.24) is 20.1 Å². The molecular formula is C14H11N5O. The van der Waals surface area contributed by atoms with Gasteiger partial charge in [0.15, 0.2) is 0 Å². The molecule has 0 bridgehead atoms. The number of pyridine rings is 1. The molecule has 6 heteroatoms. The maximum atomic E-state index is 8.81. The lowest BCUT2D eigenvalue weighted by Crippen LogP contribution is -1.90. The Balaban J connectivity index is 2.00. The van der Waals surface area contributed by atoms with Crippen LogP contribution in [-0.2, 0) is 6.42 Å². The molecule has 0 amide bonds. The number of aromatic amines is 1. The summed E-state index contributed by atoms with van der Waals surface area (Å²) in [7, 11) is 0. The molecule has 3 rings (SSSR count). The number of hydrogen-bond acceptors (Lipinski definition) is 5. The molecule has 3 aromatic heterocycles. The van der Waals surface area contributed by atoms with Gasteiger partial charge in [0, 0.05) is 24.2 Å². The fourth-order valence-corrected chi connectivity index (χ4v) is 1.95. The van der Waals surface area contributed by atoms with E-state index in [4.69, 9.17) is 9.78 Å². The minimum Gasteiger partial charge on any atom is -0.356 e. The van der Waals surface area contributed by atoms with Crippen molar-refractivity contribution in [2.75, 3.05) is 0 Å². The van der Waals surface area contributed by atoms with E-state index in [1.165, 1.54) is 0 Å². The standard InChI is InChI=1S/C14H11N5O/c1-2-10-8-16-4-3-11(10)13-18-14(20-19-13)12-5-9(6-15)7-17-12/h3-5,7-8,17H,2H2,1H3. The van der Waals surface area contributed by atoms with E-state index in [-0.39, 0.29) is 0 Å². The molecule has 0 aromatic carbocycles. The third-order valence-corrected chi connectivity index (χ3v) is 2.99.